The number of pyridine rings is 1. The number of benzene rings is 1. The minimum atomic E-state index is -0.464. The first-order valence-corrected chi connectivity index (χ1v) is 11.1. The first-order chi connectivity index (χ1) is 14.5. The molecule has 1 saturated carbocycles. The number of anilines is 1. The Labute approximate surface area is 177 Å². The van der Waals surface area contributed by atoms with Crippen LogP contribution in [0.2, 0.25) is 0 Å². The Hall–Kier alpha value is -2.25. The molecule has 0 spiro atoms. The number of piperidine rings is 1. The fourth-order valence-electron chi connectivity index (χ4n) is 4.58. The second-order valence-electron chi connectivity index (χ2n) is 8.62. The summed E-state index contributed by atoms with van der Waals surface area (Å²) in [5.74, 6) is 0.00818. The number of carbonyl (C=O) groups is 1. The normalized spacial score (nSPS) is 19.8. The molecule has 6 nitrogen and oxygen atoms in total. The Morgan fingerprint density at radius 2 is 1.87 bits per heavy atom. The van der Waals surface area contributed by atoms with Crippen molar-refractivity contribution in [2.45, 2.75) is 70.1 Å². The van der Waals surface area contributed by atoms with Crippen LogP contribution >= 0.6 is 0 Å². The number of fused-ring (bicyclic) bond motifs is 1. The number of halogens is 1. The predicted octanol–water partition coefficient (Wildman–Crippen LogP) is 4.08. The van der Waals surface area contributed by atoms with E-state index >= 15 is 0 Å². The smallest absolute Gasteiger partial charge is 0.256 e. The second kappa shape index (κ2) is 9.27. The van der Waals surface area contributed by atoms with Gasteiger partial charge in [-0.25, -0.2) is 9.37 Å². The molecule has 0 radical (unpaired) electrons. The Morgan fingerprint density at radius 3 is 2.57 bits per heavy atom. The number of aromatic nitrogens is 1. The van der Waals surface area contributed by atoms with Gasteiger partial charge in [-0.1, -0.05) is 44.9 Å². The number of nitrogens with two attached hydrogens (primary N) is 1. The molecular weight excluding hydrogens is 381 g/mol. The number of carbonyl (C=O) groups excluding carboxylic acids is 1. The standard InChI is InChI=1S/C23H31FN5O/c1-15(25)26-23(30)20-13-16-7-8-17(24)14-21(16)28-22(20)29-11-9-19(10-12-29)27-18-5-3-2-4-6-18/h7-8,13-15,18-19H,2-6,9-12,25H2,1H3,(H,26,30)/q-1. The van der Waals surface area contributed by atoms with Crippen LogP contribution in [0.25, 0.3) is 16.2 Å². The molecule has 162 valence electrons. The van der Waals surface area contributed by atoms with Gasteiger partial charge < -0.3 is 21.3 Å². The lowest BCUT2D eigenvalue weighted by Gasteiger charge is -2.46. The molecule has 0 bridgehead atoms. The fraction of sp³-hybridized carbons (Fsp3) is 0.565. The maximum Gasteiger partial charge on any atom is 0.256 e. The van der Waals surface area contributed by atoms with E-state index in [1.54, 1.807) is 19.1 Å². The van der Waals surface area contributed by atoms with Crippen molar-refractivity contribution in [3.8, 4) is 0 Å². The molecule has 3 N–H and O–H groups in total. The van der Waals surface area contributed by atoms with Crippen LogP contribution in [0.15, 0.2) is 24.3 Å². The van der Waals surface area contributed by atoms with Crippen LogP contribution in [-0.2, 0) is 0 Å². The number of nitrogens with one attached hydrogen (secondary N) is 1. The molecule has 2 aromatic rings. The van der Waals surface area contributed by atoms with Gasteiger partial charge >= 0.3 is 0 Å². The van der Waals surface area contributed by atoms with E-state index in [2.05, 4.69) is 15.2 Å². The van der Waals surface area contributed by atoms with Gasteiger partial charge in [0.2, 0.25) is 0 Å². The van der Waals surface area contributed by atoms with Crippen molar-refractivity contribution in [1.82, 2.24) is 10.3 Å². The largest absolute Gasteiger partial charge is 0.657 e. The van der Waals surface area contributed by atoms with Crippen molar-refractivity contribution in [2.75, 3.05) is 18.0 Å². The van der Waals surface area contributed by atoms with Gasteiger partial charge in [0.05, 0.1) is 17.2 Å². The minimum absolute atomic E-state index is 0.257. The van der Waals surface area contributed by atoms with Crippen molar-refractivity contribution in [2.24, 2.45) is 5.73 Å². The molecule has 1 atom stereocenters. The Kier molecular flexibility index (Phi) is 6.49. The summed E-state index contributed by atoms with van der Waals surface area (Å²) in [6, 6.07) is 7.13. The number of hydrogen-bond donors (Lipinski definition) is 2. The summed E-state index contributed by atoms with van der Waals surface area (Å²) in [6.45, 7) is 3.29. The SMILES string of the molecule is CC(N)NC(=O)c1cc2ccc(F)cc2nc1N1CCC([N-]C2CCCCC2)CC1. The molecular formula is C23H31FN5O-. The van der Waals surface area contributed by atoms with E-state index < -0.39 is 6.17 Å². The molecule has 4 rings (SSSR count). The summed E-state index contributed by atoms with van der Waals surface area (Å²) >= 11 is 0. The zero-order chi connectivity index (χ0) is 21.1. The van der Waals surface area contributed by atoms with Crippen LogP contribution in [0, 0.1) is 5.82 Å². The first kappa shape index (κ1) is 21.0. The summed E-state index contributed by atoms with van der Waals surface area (Å²) in [7, 11) is 0. The lowest BCUT2D eigenvalue weighted by Crippen LogP contribution is -2.41. The van der Waals surface area contributed by atoms with E-state index in [4.69, 9.17) is 11.1 Å². The minimum Gasteiger partial charge on any atom is -0.657 e. The molecule has 2 fully saturated rings. The van der Waals surface area contributed by atoms with Crippen molar-refractivity contribution >= 4 is 22.6 Å². The number of hydrogen-bond acceptors (Lipinski definition) is 4. The molecule has 1 amide bonds. The molecule has 30 heavy (non-hydrogen) atoms. The third-order valence-electron chi connectivity index (χ3n) is 6.12. The number of rotatable bonds is 5. The van der Waals surface area contributed by atoms with Gasteiger partial charge in [-0.15, -0.1) is 12.1 Å². The van der Waals surface area contributed by atoms with Crippen molar-refractivity contribution in [3.63, 3.8) is 0 Å². The molecule has 7 heteroatoms. The Morgan fingerprint density at radius 1 is 1.17 bits per heavy atom. The quantitative estimate of drug-likeness (QED) is 0.725. The highest BCUT2D eigenvalue weighted by molar-refractivity contribution is 6.02. The molecule has 1 aliphatic carbocycles. The van der Waals surface area contributed by atoms with Crippen LogP contribution in [0.1, 0.15) is 62.2 Å². The number of nitrogens with zero attached hydrogens (tertiary/aromatic N) is 3. The lowest BCUT2D eigenvalue weighted by atomic mass is 9.93. The highest BCUT2D eigenvalue weighted by Crippen LogP contribution is 2.31. The lowest BCUT2D eigenvalue weighted by molar-refractivity contribution is 0.0941. The highest BCUT2D eigenvalue weighted by atomic mass is 19.1. The van der Waals surface area contributed by atoms with Gasteiger partial charge in [-0.2, -0.15) is 0 Å². The molecule has 1 aromatic heterocycles. The number of amides is 1. The van der Waals surface area contributed by atoms with Crippen LogP contribution in [0.5, 0.6) is 0 Å². The highest BCUT2D eigenvalue weighted by Gasteiger charge is 2.23. The molecule has 2 heterocycles. The third kappa shape index (κ3) is 4.90. The average molecular weight is 413 g/mol. The van der Waals surface area contributed by atoms with Crippen molar-refractivity contribution in [3.05, 3.63) is 41.0 Å². The zero-order valence-electron chi connectivity index (χ0n) is 17.6. The van der Waals surface area contributed by atoms with E-state index in [0.29, 0.717) is 29.0 Å². The van der Waals surface area contributed by atoms with Crippen molar-refractivity contribution < 1.29 is 9.18 Å². The maximum absolute atomic E-state index is 13.8. The van der Waals surface area contributed by atoms with Crippen LogP contribution in [0.4, 0.5) is 10.2 Å². The van der Waals surface area contributed by atoms with E-state index in [0.717, 1.165) is 31.3 Å². The molecule has 1 saturated heterocycles. The summed E-state index contributed by atoms with van der Waals surface area (Å²) < 4.78 is 13.8. The van der Waals surface area contributed by atoms with Gasteiger partial charge in [0.15, 0.2) is 0 Å². The molecule has 1 aromatic carbocycles. The van der Waals surface area contributed by atoms with E-state index in [-0.39, 0.29) is 11.7 Å². The summed E-state index contributed by atoms with van der Waals surface area (Å²) in [4.78, 5) is 19.6. The summed E-state index contributed by atoms with van der Waals surface area (Å²) in [5.41, 5.74) is 6.80. The maximum atomic E-state index is 13.8. The summed E-state index contributed by atoms with van der Waals surface area (Å²) in [5, 5.41) is 8.58. The van der Waals surface area contributed by atoms with E-state index in [1.165, 1.54) is 44.2 Å². The first-order valence-electron chi connectivity index (χ1n) is 11.1. The monoisotopic (exact) mass is 412 g/mol. The second-order valence-corrected chi connectivity index (χ2v) is 8.62. The van der Waals surface area contributed by atoms with Crippen LogP contribution in [-0.4, -0.2) is 42.2 Å². The Bertz CT molecular complexity index is 889. The summed E-state index contributed by atoms with van der Waals surface area (Å²) in [6.07, 6.45) is 7.81. The van der Waals surface area contributed by atoms with Gasteiger partial charge in [0.1, 0.15) is 11.6 Å². The van der Waals surface area contributed by atoms with E-state index in [1.807, 2.05) is 0 Å². The Balaban J connectivity index is 1.53. The third-order valence-corrected chi connectivity index (χ3v) is 6.12. The van der Waals surface area contributed by atoms with Crippen LogP contribution < -0.4 is 16.0 Å². The molecule has 1 aliphatic heterocycles. The molecule has 2 aliphatic rings. The van der Waals surface area contributed by atoms with Gasteiger partial charge in [0, 0.05) is 24.5 Å². The average Bonchev–Trinajstić information content (AvgIpc) is 2.73. The van der Waals surface area contributed by atoms with Gasteiger partial charge in [-0.05, 0) is 25.1 Å². The van der Waals surface area contributed by atoms with Gasteiger partial charge in [-0.3, -0.25) is 4.79 Å². The fourth-order valence-corrected chi connectivity index (χ4v) is 4.58. The zero-order valence-corrected chi connectivity index (χ0v) is 17.6. The van der Waals surface area contributed by atoms with Crippen molar-refractivity contribution in [1.29, 1.82) is 0 Å². The van der Waals surface area contributed by atoms with E-state index in [9.17, 15) is 9.18 Å². The van der Waals surface area contributed by atoms with Gasteiger partial charge in [0.25, 0.3) is 5.91 Å². The topological polar surface area (TPSA) is 85.3 Å². The predicted molar refractivity (Wildman–Crippen MR) is 118 cm³/mol. The van der Waals surface area contributed by atoms with Crippen LogP contribution in [0.3, 0.4) is 0 Å². The molecule has 1 unspecified atom stereocenters.